The van der Waals surface area contributed by atoms with Crippen LogP contribution in [0.1, 0.15) is 21.9 Å². The lowest BCUT2D eigenvalue weighted by Gasteiger charge is -2.04. The molecule has 2 aromatic heterocycles. The van der Waals surface area contributed by atoms with Crippen LogP contribution in [0, 0.1) is 6.92 Å². The summed E-state index contributed by atoms with van der Waals surface area (Å²) in [5.74, 6) is -1.39. The van der Waals surface area contributed by atoms with Crippen LogP contribution in [0.3, 0.4) is 0 Å². The fourth-order valence-electron chi connectivity index (χ4n) is 1.31. The third-order valence-electron chi connectivity index (χ3n) is 2.26. The number of hydrogen-bond acceptors (Lipinski definition) is 7. The summed E-state index contributed by atoms with van der Waals surface area (Å²) in [6.07, 6.45) is 2.96. The van der Waals surface area contributed by atoms with E-state index in [0.717, 1.165) is 11.3 Å². The van der Waals surface area contributed by atoms with Crippen molar-refractivity contribution in [1.82, 2.24) is 19.7 Å². The van der Waals surface area contributed by atoms with E-state index in [9.17, 15) is 13.2 Å². The molecule has 106 valence electrons. The number of rotatable bonds is 5. The second-order valence-corrected chi connectivity index (χ2v) is 6.58. The minimum atomic E-state index is -3.94. The topological polar surface area (TPSA) is 122 Å². The average molecular weight is 314 g/mol. The molecule has 0 amide bonds. The van der Waals surface area contributed by atoms with Gasteiger partial charge in [0.25, 0.3) is 10.0 Å². The normalized spacial score (nSPS) is 11.4. The van der Waals surface area contributed by atoms with Crippen LogP contribution in [0.4, 0.5) is 0 Å². The Kier molecular flexibility index (Phi) is 4.06. The average Bonchev–Trinajstić information content (AvgIpc) is 2.88. The molecule has 0 aliphatic carbocycles. The predicted octanol–water partition coefficient (Wildman–Crippen LogP) is 0.418. The van der Waals surface area contributed by atoms with E-state index in [1.165, 1.54) is 17.9 Å². The van der Waals surface area contributed by atoms with Crippen molar-refractivity contribution in [3.05, 3.63) is 35.0 Å². The lowest BCUT2D eigenvalue weighted by atomic mass is 10.4. The molecule has 0 spiro atoms. The van der Waals surface area contributed by atoms with E-state index in [1.807, 2.05) is 0 Å². The Bertz CT molecular complexity index is 724. The zero-order valence-corrected chi connectivity index (χ0v) is 11.9. The first-order valence-corrected chi connectivity index (χ1v) is 7.70. The first-order chi connectivity index (χ1) is 9.40. The third kappa shape index (κ3) is 3.15. The standard InChI is InChI=1S/C10H10N4O4S2/c1-6-2-12-7(3-11-6)4-14-20(17,18)10-8(9(15)16)13-5-19-10/h2-3,5,14H,4H2,1H3,(H,15,16). The molecule has 0 atom stereocenters. The van der Waals surface area contributed by atoms with Crippen LogP contribution in [0.25, 0.3) is 0 Å². The lowest BCUT2D eigenvalue weighted by Crippen LogP contribution is -2.24. The second kappa shape index (κ2) is 5.61. The highest BCUT2D eigenvalue weighted by Crippen LogP contribution is 2.19. The van der Waals surface area contributed by atoms with Crippen LogP contribution < -0.4 is 4.72 Å². The number of hydrogen-bond donors (Lipinski definition) is 2. The van der Waals surface area contributed by atoms with Crippen LogP contribution >= 0.6 is 11.3 Å². The van der Waals surface area contributed by atoms with Crippen LogP contribution in [0.5, 0.6) is 0 Å². The van der Waals surface area contributed by atoms with Crippen LogP contribution in [0.15, 0.2) is 22.1 Å². The number of carboxylic acid groups (broad SMARTS) is 1. The van der Waals surface area contributed by atoms with Crippen molar-refractivity contribution in [1.29, 1.82) is 0 Å². The minimum absolute atomic E-state index is 0.0768. The number of carboxylic acids is 1. The Morgan fingerprint density at radius 3 is 2.70 bits per heavy atom. The van der Waals surface area contributed by atoms with E-state index in [1.54, 1.807) is 6.92 Å². The van der Waals surface area contributed by atoms with Gasteiger partial charge in [-0.05, 0) is 6.92 Å². The molecule has 0 aliphatic heterocycles. The van der Waals surface area contributed by atoms with Gasteiger partial charge in [0, 0.05) is 6.20 Å². The molecule has 2 rings (SSSR count). The molecule has 20 heavy (non-hydrogen) atoms. The van der Waals surface area contributed by atoms with Gasteiger partial charge in [-0.3, -0.25) is 9.97 Å². The number of nitrogens with one attached hydrogen (secondary N) is 1. The van der Waals surface area contributed by atoms with Crippen LogP contribution in [-0.2, 0) is 16.6 Å². The molecule has 2 heterocycles. The maximum absolute atomic E-state index is 12.0. The highest BCUT2D eigenvalue weighted by molar-refractivity contribution is 7.91. The molecule has 0 radical (unpaired) electrons. The fraction of sp³-hybridized carbons (Fsp3) is 0.200. The number of thiazole rings is 1. The summed E-state index contributed by atoms with van der Waals surface area (Å²) in [6, 6.07) is 0. The van der Waals surface area contributed by atoms with Crippen molar-refractivity contribution in [3.63, 3.8) is 0 Å². The van der Waals surface area contributed by atoms with Gasteiger partial charge in [-0.2, -0.15) is 0 Å². The molecule has 8 nitrogen and oxygen atoms in total. The van der Waals surface area contributed by atoms with Gasteiger partial charge in [-0.1, -0.05) is 0 Å². The van der Waals surface area contributed by atoms with Crippen molar-refractivity contribution in [3.8, 4) is 0 Å². The Morgan fingerprint density at radius 1 is 1.35 bits per heavy atom. The summed E-state index contributed by atoms with van der Waals surface area (Å²) in [5, 5.41) is 8.86. The summed E-state index contributed by atoms with van der Waals surface area (Å²) in [6.45, 7) is 1.68. The van der Waals surface area contributed by atoms with E-state index in [0.29, 0.717) is 11.4 Å². The lowest BCUT2D eigenvalue weighted by molar-refractivity contribution is 0.0687. The SMILES string of the molecule is Cc1cnc(CNS(=O)(=O)c2scnc2C(=O)O)cn1. The molecule has 2 aromatic rings. The van der Waals surface area contributed by atoms with Crippen molar-refractivity contribution in [2.75, 3.05) is 0 Å². The highest BCUT2D eigenvalue weighted by atomic mass is 32.2. The maximum Gasteiger partial charge on any atom is 0.356 e. The third-order valence-corrected chi connectivity index (χ3v) is 5.03. The monoisotopic (exact) mass is 314 g/mol. The minimum Gasteiger partial charge on any atom is -0.476 e. The second-order valence-electron chi connectivity index (χ2n) is 3.77. The van der Waals surface area contributed by atoms with Crippen molar-refractivity contribution < 1.29 is 18.3 Å². The van der Waals surface area contributed by atoms with Crippen molar-refractivity contribution in [2.24, 2.45) is 0 Å². The molecule has 0 bridgehead atoms. The smallest absolute Gasteiger partial charge is 0.356 e. The molecule has 0 aromatic carbocycles. The van der Waals surface area contributed by atoms with Gasteiger partial charge in [0.2, 0.25) is 0 Å². The van der Waals surface area contributed by atoms with Gasteiger partial charge in [0.1, 0.15) is 0 Å². The molecule has 0 saturated carbocycles. The first-order valence-electron chi connectivity index (χ1n) is 5.34. The quantitative estimate of drug-likeness (QED) is 0.819. The van der Waals surface area contributed by atoms with E-state index >= 15 is 0 Å². The number of aryl methyl sites for hydroxylation is 1. The largest absolute Gasteiger partial charge is 0.476 e. The summed E-state index contributed by atoms with van der Waals surface area (Å²) in [4.78, 5) is 22.4. The zero-order valence-electron chi connectivity index (χ0n) is 10.3. The van der Waals surface area contributed by atoms with Gasteiger partial charge in [-0.25, -0.2) is 22.9 Å². The van der Waals surface area contributed by atoms with Crippen LogP contribution in [0.2, 0.25) is 0 Å². The van der Waals surface area contributed by atoms with E-state index in [-0.39, 0.29) is 10.8 Å². The van der Waals surface area contributed by atoms with E-state index in [2.05, 4.69) is 19.7 Å². The summed E-state index contributed by atoms with van der Waals surface area (Å²) in [7, 11) is -3.94. The Labute approximate surface area is 118 Å². The molecular weight excluding hydrogens is 304 g/mol. The van der Waals surface area contributed by atoms with Gasteiger partial charge < -0.3 is 5.11 Å². The molecule has 2 N–H and O–H groups in total. The first kappa shape index (κ1) is 14.5. The number of nitrogens with zero attached hydrogens (tertiary/aromatic N) is 3. The summed E-state index contributed by atoms with van der Waals surface area (Å²) < 4.78 is 26.0. The van der Waals surface area contributed by atoms with Gasteiger partial charge >= 0.3 is 5.97 Å². The van der Waals surface area contributed by atoms with E-state index < -0.39 is 21.7 Å². The number of aromatic nitrogens is 3. The number of carbonyl (C=O) groups is 1. The Morgan fingerprint density at radius 2 is 2.10 bits per heavy atom. The van der Waals surface area contributed by atoms with Crippen molar-refractivity contribution >= 4 is 27.3 Å². The van der Waals surface area contributed by atoms with Crippen molar-refractivity contribution in [2.45, 2.75) is 17.7 Å². The molecule has 0 fully saturated rings. The van der Waals surface area contributed by atoms with Crippen LogP contribution in [-0.4, -0.2) is 34.4 Å². The van der Waals surface area contributed by atoms with E-state index in [4.69, 9.17) is 5.11 Å². The Balaban J connectivity index is 2.17. The number of aromatic carboxylic acids is 1. The van der Waals surface area contributed by atoms with Gasteiger partial charge in [0.15, 0.2) is 9.90 Å². The molecule has 0 aliphatic rings. The predicted molar refractivity (Wildman–Crippen MR) is 69.9 cm³/mol. The van der Waals surface area contributed by atoms with Gasteiger partial charge in [-0.15, -0.1) is 11.3 Å². The highest BCUT2D eigenvalue weighted by Gasteiger charge is 2.25. The summed E-state index contributed by atoms with van der Waals surface area (Å²) >= 11 is 0.744. The molecule has 0 unspecified atom stereocenters. The summed E-state index contributed by atoms with van der Waals surface area (Å²) in [5.41, 5.74) is 1.83. The maximum atomic E-state index is 12.0. The molecule has 10 heteroatoms. The molecule has 0 saturated heterocycles. The zero-order chi connectivity index (χ0) is 14.8. The number of sulfonamides is 1. The fourth-order valence-corrected chi connectivity index (χ4v) is 3.50. The van der Waals surface area contributed by atoms with Gasteiger partial charge in [0.05, 0.1) is 29.6 Å². The Hall–Kier alpha value is -1.91. The molecular formula is C10H10N4O4S2.